The molecular weight excluding hydrogens is 957 g/mol. The third-order valence-electron chi connectivity index (χ3n) is 22.1. The maximum Gasteiger partial charge on any atom is 0.333 e. The molecule has 7 aliphatic rings. The fraction of sp³-hybridized carbons (Fsp3) is 0.884. The molecule has 0 spiro atoms. The Kier molecular flexibility index (Phi) is 26.8. The van der Waals surface area contributed by atoms with Crippen LogP contribution in [0.15, 0.2) is 24.8 Å². The number of unbranched alkanes of at least 4 members (excludes halogenated alkanes) is 18. The van der Waals surface area contributed by atoms with Gasteiger partial charge in [-0.25, -0.2) is 9.59 Å². The number of hydrogen-bond acceptors (Lipinski definition) is 8. The number of carbonyl (C=O) groups is 4. The van der Waals surface area contributed by atoms with Crippen molar-refractivity contribution in [1.29, 1.82) is 0 Å². The molecule has 0 saturated heterocycles. The van der Waals surface area contributed by atoms with E-state index in [2.05, 4.69) is 27.0 Å². The maximum absolute atomic E-state index is 12.9. The zero-order valence-electron chi connectivity index (χ0n) is 49.7. The lowest BCUT2D eigenvalue weighted by Crippen LogP contribution is -2.35. The lowest BCUT2D eigenvalue weighted by Gasteiger charge is -2.44. The van der Waals surface area contributed by atoms with E-state index in [1.807, 2.05) is 0 Å². The molecule has 7 saturated carbocycles. The summed E-state index contributed by atoms with van der Waals surface area (Å²) in [6.45, 7) is 15.9. The van der Waals surface area contributed by atoms with Crippen LogP contribution in [0.2, 0.25) is 0 Å². The van der Waals surface area contributed by atoms with Gasteiger partial charge in [-0.1, -0.05) is 168 Å². The van der Waals surface area contributed by atoms with Gasteiger partial charge in [0, 0.05) is 24.5 Å². The largest absolute Gasteiger partial charge is 0.465 e. The monoisotopic (exact) mass is 1070 g/mol. The van der Waals surface area contributed by atoms with Crippen molar-refractivity contribution in [3.8, 4) is 0 Å². The van der Waals surface area contributed by atoms with Gasteiger partial charge in [-0.15, -0.1) is 0 Å². The first-order valence-electron chi connectivity index (χ1n) is 33.5. The van der Waals surface area contributed by atoms with Crippen LogP contribution in [0.3, 0.4) is 0 Å². The SMILES string of the molecule is C=CC(=O)OCC1CC2C3CC(COC(=O)CCCCCCCCC4C(CCCCCCCC)CCC(CCCCCC)C4CCCCCCCCC(=O)OCC4CC5C6CC(COC(=O)C(=C)C)C(C6)C5C4)C(C3)C2C1. The van der Waals surface area contributed by atoms with Crippen LogP contribution in [0, 0.1) is 94.7 Å². The minimum atomic E-state index is -0.311. The van der Waals surface area contributed by atoms with Gasteiger partial charge in [0.2, 0.25) is 0 Å². The molecule has 77 heavy (non-hydrogen) atoms. The standard InChI is InChI=1S/C69H114O8/c1-6-9-11-13-18-24-30-53-36-35-52(29-23-12-10-7-2)58(31-25-19-14-16-21-27-33-67(71)75-46-51-38-61-55-42-57(48-77-69(73)49(4)5)63(44-55)65(61)40-51)59(53)32-26-20-15-17-22-28-34-68(72)76-47-56-41-54-43-62(56)64-39-50(37-60(54)64)45-74-66(70)8-3/h8,50-65H,3-4,6-7,9-48H2,1-2,5H3. The van der Waals surface area contributed by atoms with Gasteiger partial charge in [-0.2, -0.15) is 0 Å². The summed E-state index contributed by atoms with van der Waals surface area (Å²) in [5, 5.41) is 0. The van der Waals surface area contributed by atoms with Crippen molar-refractivity contribution in [3.05, 3.63) is 24.8 Å². The average Bonchev–Trinajstić information content (AvgIpc) is 4.31. The van der Waals surface area contributed by atoms with E-state index in [0.717, 1.165) is 79.4 Å². The molecule has 4 bridgehead atoms. The van der Waals surface area contributed by atoms with Crippen molar-refractivity contribution >= 4 is 23.9 Å². The zero-order chi connectivity index (χ0) is 54.4. The molecule has 16 unspecified atom stereocenters. The predicted molar refractivity (Wildman–Crippen MR) is 311 cm³/mol. The Bertz CT molecular complexity index is 1790. The summed E-state index contributed by atoms with van der Waals surface area (Å²) >= 11 is 0. The van der Waals surface area contributed by atoms with E-state index in [1.54, 1.807) is 6.92 Å². The third-order valence-corrected chi connectivity index (χ3v) is 22.1. The Labute approximate surface area is 470 Å². The quantitative estimate of drug-likeness (QED) is 0.0259. The topological polar surface area (TPSA) is 105 Å². The first-order valence-corrected chi connectivity index (χ1v) is 33.5. The molecule has 438 valence electrons. The van der Waals surface area contributed by atoms with Gasteiger partial charge in [-0.05, 0) is 192 Å². The molecule has 8 heteroatoms. The Morgan fingerprint density at radius 2 is 0.805 bits per heavy atom. The summed E-state index contributed by atoms with van der Waals surface area (Å²) in [5.74, 6) is 10.8. The molecule has 0 radical (unpaired) electrons. The minimum Gasteiger partial charge on any atom is -0.465 e. The summed E-state index contributed by atoms with van der Waals surface area (Å²) in [4.78, 5) is 49.4. The molecule has 7 aliphatic carbocycles. The van der Waals surface area contributed by atoms with E-state index >= 15 is 0 Å². The highest BCUT2D eigenvalue weighted by Gasteiger charge is 2.57. The van der Waals surface area contributed by atoms with Crippen LogP contribution in [-0.4, -0.2) is 50.3 Å². The molecule has 0 N–H and O–H groups in total. The Balaban J connectivity index is 0.766. The van der Waals surface area contributed by atoms with Crippen molar-refractivity contribution in [2.75, 3.05) is 26.4 Å². The van der Waals surface area contributed by atoms with Gasteiger partial charge in [0.25, 0.3) is 0 Å². The predicted octanol–water partition coefficient (Wildman–Crippen LogP) is 17.7. The van der Waals surface area contributed by atoms with Gasteiger partial charge in [0.05, 0.1) is 26.4 Å². The smallest absolute Gasteiger partial charge is 0.333 e. The summed E-state index contributed by atoms with van der Waals surface area (Å²) < 4.78 is 22.8. The zero-order valence-corrected chi connectivity index (χ0v) is 49.7. The van der Waals surface area contributed by atoms with Gasteiger partial charge >= 0.3 is 23.9 Å². The number of carbonyl (C=O) groups excluding carboxylic acids is 4. The van der Waals surface area contributed by atoms with Gasteiger partial charge in [-0.3, -0.25) is 9.59 Å². The summed E-state index contributed by atoms with van der Waals surface area (Å²) in [6.07, 6.45) is 49.2. The maximum atomic E-state index is 12.9. The summed E-state index contributed by atoms with van der Waals surface area (Å²) in [7, 11) is 0. The lowest BCUT2D eigenvalue weighted by molar-refractivity contribution is -0.146. The minimum absolute atomic E-state index is 0.00262. The lowest BCUT2D eigenvalue weighted by atomic mass is 9.61. The number of hydrogen-bond donors (Lipinski definition) is 0. The van der Waals surface area contributed by atoms with Crippen LogP contribution in [-0.2, 0) is 38.1 Å². The highest BCUT2D eigenvalue weighted by molar-refractivity contribution is 5.86. The fourth-order valence-electron chi connectivity index (χ4n) is 18.3. The fourth-order valence-corrected chi connectivity index (χ4v) is 18.3. The van der Waals surface area contributed by atoms with Crippen molar-refractivity contribution in [2.45, 2.75) is 265 Å². The molecule has 7 rings (SSSR count). The van der Waals surface area contributed by atoms with Crippen LogP contribution in [0.25, 0.3) is 0 Å². The van der Waals surface area contributed by atoms with Gasteiger partial charge in [0.1, 0.15) is 0 Å². The van der Waals surface area contributed by atoms with Crippen LogP contribution < -0.4 is 0 Å². The van der Waals surface area contributed by atoms with E-state index in [-0.39, 0.29) is 23.9 Å². The molecule has 16 atom stereocenters. The molecule has 0 aliphatic heterocycles. The normalized spacial score (nSPS) is 32.5. The van der Waals surface area contributed by atoms with Crippen molar-refractivity contribution in [1.82, 2.24) is 0 Å². The van der Waals surface area contributed by atoms with Crippen LogP contribution in [0.4, 0.5) is 0 Å². The average molecular weight is 1070 g/mol. The van der Waals surface area contributed by atoms with E-state index in [1.165, 1.54) is 205 Å². The highest BCUT2D eigenvalue weighted by Crippen LogP contribution is 2.63. The van der Waals surface area contributed by atoms with Crippen molar-refractivity contribution in [3.63, 3.8) is 0 Å². The van der Waals surface area contributed by atoms with Gasteiger partial charge < -0.3 is 18.9 Å². The number of rotatable bonds is 40. The van der Waals surface area contributed by atoms with Gasteiger partial charge in [0.15, 0.2) is 0 Å². The molecule has 0 heterocycles. The highest BCUT2D eigenvalue weighted by atomic mass is 16.5. The number of esters is 4. The van der Waals surface area contributed by atoms with Crippen molar-refractivity contribution in [2.24, 2.45) is 94.7 Å². The molecule has 0 aromatic rings. The van der Waals surface area contributed by atoms with E-state index < -0.39 is 0 Å². The van der Waals surface area contributed by atoms with Crippen LogP contribution in [0.5, 0.6) is 0 Å². The van der Waals surface area contributed by atoms with E-state index in [0.29, 0.717) is 92.2 Å². The molecule has 0 aromatic heterocycles. The molecule has 0 aromatic carbocycles. The summed E-state index contributed by atoms with van der Waals surface area (Å²) in [6, 6.07) is 0. The van der Waals surface area contributed by atoms with Crippen LogP contribution >= 0.6 is 0 Å². The van der Waals surface area contributed by atoms with E-state index in [4.69, 9.17) is 18.9 Å². The first kappa shape index (κ1) is 62.0. The van der Waals surface area contributed by atoms with E-state index in [9.17, 15) is 19.2 Å². The number of fused-ring (bicyclic) bond motifs is 10. The third kappa shape index (κ3) is 19.0. The molecule has 8 nitrogen and oxygen atoms in total. The van der Waals surface area contributed by atoms with Crippen LogP contribution in [0.1, 0.15) is 265 Å². The second-order valence-corrected chi connectivity index (χ2v) is 27.4. The first-order chi connectivity index (χ1) is 37.6. The Morgan fingerprint density at radius 3 is 1.27 bits per heavy atom. The molecular formula is C69H114O8. The Morgan fingerprint density at radius 1 is 0.416 bits per heavy atom. The molecule has 0 amide bonds. The second-order valence-electron chi connectivity index (χ2n) is 27.4. The summed E-state index contributed by atoms with van der Waals surface area (Å²) in [5.41, 5.74) is 0.480. The second kappa shape index (κ2) is 33.3. The molecule has 7 fully saturated rings. The van der Waals surface area contributed by atoms with Crippen molar-refractivity contribution < 1.29 is 38.1 Å². The number of ether oxygens (including phenoxy) is 4. The Hall–Kier alpha value is -2.64.